The van der Waals surface area contributed by atoms with Crippen molar-refractivity contribution in [3.8, 4) is 0 Å². The van der Waals surface area contributed by atoms with Gasteiger partial charge in [0, 0.05) is 0 Å². The van der Waals surface area contributed by atoms with Gasteiger partial charge in [-0.15, -0.1) is 0 Å². The van der Waals surface area contributed by atoms with Gasteiger partial charge in [-0.1, -0.05) is 36.4 Å². The lowest BCUT2D eigenvalue weighted by molar-refractivity contribution is 0.00683. The lowest BCUT2D eigenvalue weighted by Crippen LogP contribution is -2.25. The summed E-state index contributed by atoms with van der Waals surface area (Å²) in [4.78, 5) is 0. The van der Waals surface area contributed by atoms with Crippen molar-refractivity contribution >= 4 is 38.4 Å². The Hall–Kier alpha value is -2.50. The molecule has 4 aromatic rings. The van der Waals surface area contributed by atoms with Crippen LogP contribution in [0.5, 0.6) is 0 Å². The van der Waals surface area contributed by atoms with Crippen molar-refractivity contribution in [1.82, 2.24) is 0 Å². The highest BCUT2D eigenvalue weighted by Gasteiger charge is 2.30. The summed E-state index contributed by atoms with van der Waals surface area (Å²) in [5, 5.41) is 47.7. The van der Waals surface area contributed by atoms with Gasteiger partial charge in [-0.25, -0.2) is 0 Å². The third-order valence-electron chi connectivity index (χ3n) is 6.60. The van der Waals surface area contributed by atoms with E-state index in [1.54, 1.807) is 6.08 Å². The lowest BCUT2D eigenvalue weighted by atomic mass is 9.79. The van der Waals surface area contributed by atoms with Gasteiger partial charge in [-0.2, -0.15) is 0 Å². The Balaban J connectivity index is 1.76. The number of hydrogen-bond donors (Lipinski definition) is 4. The summed E-state index contributed by atoms with van der Waals surface area (Å²) in [5.41, 5.74) is 3.64. The zero-order valence-corrected chi connectivity index (χ0v) is 15.1. The number of fused-ring (bicyclic) bond motifs is 4. The van der Waals surface area contributed by atoms with Crippen LogP contribution >= 0.6 is 0 Å². The normalized spacial score (nSPS) is 26.9. The minimum absolute atomic E-state index is 0.556. The van der Waals surface area contributed by atoms with E-state index < -0.39 is 24.4 Å². The predicted molar refractivity (Wildman–Crippen MR) is 109 cm³/mol. The van der Waals surface area contributed by atoms with E-state index in [2.05, 4.69) is 12.1 Å². The number of aliphatic hydroxyl groups is 4. The summed E-state index contributed by atoms with van der Waals surface area (Å²) in [6, 6.07) is 12.2. The third kappa shape index (κ3) is 1.98. The number of aryl methyl sites for hydroxylation is 1. The van der Waals surface area contributed by atoms with E-state index >= 15 is 0 Å². The molecule has 2 aliphatic rings. The Bertz CT molecular complexity index is 1290. The van der Waals surface area contributed by atoms with Gasteiger partial charge in [0.15, 0.2) is 0 Å². The summed E-state index contributed by atoms with van der Waals surface area (Å²) in [7, 11) is 0. The lowest BCUT2D eigenvalue weighted by Gasteiger charge is -2.29. The Morgan fingerprint density at radius 2 is 1.43 bits per heavy atom. The Kier molecular flexibility index (Phi) is 3.24. The molecule has 4 aromatic carbocycles. The van der Waals surface area contributed by atoms with Crippen molar-refractivity contribution in [2.45, 2.75) is 37.3 Å². The maximum Gasteiger partial charge on any atom is 0.109 e. The molecule has 0 radical (unpaired) electrons. The minimum Gasteiger partial charge on any atom is -0.390 e. The van der Waals surface area contributed by atoms with Crippen molar-refractivity contribution in [2.24, 2.45) is 0 Å². The van der Waals surface area contributed by atoms with Gasteiger partial charge in [0.1, 0.15) is 18.3 Å². The van der Waals surface area contributed by atoms with Crippen LogP contribution in [0.3, 0.4) is 0 Å². The van der Waals surface area contributed by atoms with Gasteiger partial charge < -0.3 is 20.4 Å². The van der Waals surface area contributed by atoms with Crippen LogP contribution in [0.25, 0.3) is 38.4 Å². The molecule has 0 unspecified atom stereocenters. The van der Waals surface area contributed by atoms with Crippen LogP contribution in [-0.2, 0) is 6.42 Å². The second-order valence-corrected chi connectivity index (χ2v) is 8.09. The highest BCUT2D eigenvalue weighted by atomic mass is 16.3. The molecule has 140 valence electrons. The summed E-state index contributed by atoms with van der Waals surface area (Å²) in [5.74, 6) is 0. The molecular formula is C24H20O4. The summed E-state index contributed by atoms with van der Waals surface area (Å²) < 4.78 is 0. The first-order chi connectivity index (χ1) is 13.5. The van der Waals surface area contributed by atoms with Crippen LogP contribution in [0.15, 0.2) is 42.5 Å². The first-order valence-corrected chi connectivity index (χ1v) is 9.72. The molecule has 0 heterocycles. The fourth-order valence-electron chi connectivity index (χ4n) is 5.19. The number of aliphatic hydroxyl groups excluding tert-OH is 4. The molecule has 0 saturated carbocycles. The summed E-state index contributed by atoms with van der Waals surface area (Å²) >= 11 is 0. The molecule has 0 saturated heterocycles. The zero-order chi connectivity index (χ0) is 19.2. The van der Waals surface area contributed by atoms with E-state index in [9.17, 15) is 20.4 Å². The molecule has 0 spiro atoms. The fraction of sp³-hybridized carbons (Fsp3) is 0.250. The quantitative estimate of drug-likeness (QED) is 0.357. The average Bonchev–Trinajstić information content (AvgIpc) is 2.71. The van der Waals surface area contributed by atoms with E-state index in [-0.39, 0.29) is 0 Å². The van der Waals surface area contributed by atoms with Crippen molar-refractivity contribution < 1.29 is 20.4 Å². The number of hydrogen-bond acceptors (Lipinski definition) is 4. The summed E-state index contributed by atoms with van der Waals surface area (Å²) in [6.07, 6.45) is 1.46. The van der Waals surface area contributed by atoms with E-state index in [4.69, 9.17) is 0 Å². The topological polar surface area (TPSA) is 80.9 Å². The molecule has 4 nitrogen and oxygen atoms in total. The first kappa shape index (κ1) is 16.5. The van der Waals surface area contributed by atoms with Crippen molar-refractivity contribution in [1.29, 1.82) is 0 Å². The Morgan fingerprint density at radius 3 is 2.21 bits per heavy atom. The van der Waals surface area contributed by atoms with Gasteiger partial charge >= 0.3 is 0 Å². The maximum atomic E-state index is 10.5. The molecule has 6 rings (SSSR count). The minimum atomic E-state index is -0.925. The highest BCUT2D eigenvalue weighted by Crippen LogP contribution is 2.45. The highest BCUT2D eigenvalue weighted by molar-refractivity contribution is 6.25. The van der Waals surface area contributed by atoms with Gasteiger partial charge in [-0.05, 0) is 79.5 Å². The largest absolute Gasteiger partial charge is 0.390 e. The zero-order valence-electron chi connectivity index (χ0n) is 15.1. The molecule has 28 heavy (non-hydrogen) atoms. The Morgan fingerprint density at radius 1 is 0.750 bits per heavy atom. The molecule has 0 fully saturated rings. The molecule has 2 aliphatic carbocycles. The van der Waals surface area contributed by atoms with Gasteiger partial charge in [0.25, 0.3) is 0 Å². The molecule has 4 N–H and O–H groups in total. The van der Waals surface area contributed by atoms with E-state index in [0.717, 1.165) is 61.0 Å². The van der Waals surface area contributed by atoms with Gasteiger partial charge in [0.05, 0.1) is 6.10 Å². The fourth-order valence-corrected chi connectivity index (χ4v) is 5.19. The molecule has 0 aliphatic heterocycles. The molecule has 4 atom stereocenters. The van der Waals surface area contributed by atoms with Crippen LogP contribution in [0.1, 0.15) is 40.9 Å². The molecule has 4 heteroatoms. The third-order valence-corrected chi connectivity index (χ3v) is 6.60. The number of rotatable bonds is 0. The molecule has 0 amide bonds. The predicted octanol–water partition coefficient (Wildman–Crippen LogP) is 3.35. The SMILES string of the molecule is O[C@@H]1C=Cc2c(cc3ccc4cc5c(c6ccc2c3c46)CC[C@H](O)[C@H]5O)[C@H]1O. The monoisotopic (exact) mass is 372 g/mol. The smallest absolute Gasteiger partial charge is 0.109 e. The first-order valence-electron chi connectivity index (χ1n) is 9.72. The molecular weight excluding hydrogens is 352 g/mol. The van der Waals surface area contributed by atoms with Crippen molar-refractivity contribution in [3.05, 3.63) is 64.7 Å². The second-order valence-electron chi connectivity index (χ2n) is 8.09. The van der Waals surface area contributed by atoms with Gasteiger partial charge in [0.2, 0.25) is 0 Å². The van der Waals surface area contributed by atoms with Crippen LogP contribution in [-0.4, -0.2) is 32.6 Å². The van der Waals surface area contributed by atoms with Crippen molar-refractivity contribution in [3.63, 3.8) is 0 Å². The summed E-state index contributed by atoms with van der Waals surface area (Å²) in [6.45, 7) is 0. The van der Waals surface area contributed by atoms with Crippen molar-refractivity contribution in [2.75, 3.05) is 0 Å². The number of benzene rings is 4. The Labute approximate surface area is 161 Å². The van der Waals surface area contributed by atoms with Crippen LogP contribution in [0, 0.1) is 0 Å². The average molecular weight is 372 g/mol. The van der Waals surface area contributed by atoms with Crippen LogP contribution in [0.4, 0.5) is 0 Å². The van der Waals surface area contributed by atoms with Gasteiger partial charge in [-0.3, -0.25) is 0 Å². The standard InChI is InChI=1S/C24H20O4/c25-19-7-5-13-15-3-4-16-14-6-8-20(26)24(28)18(14)10-12-2-1-11(21(15)22(12)16)9-17(13)23(19)27/h1-5,7,9-10,19-20,23-28H,6,8H2/t19-,20+,23-,24+/m1/s1. The molecule has 0 aromatic heterocycles. The van der Waals surface area contributed by atoms with E-state index in [1.165, 1.54) is 0 Å². The van der Waals surface area contributed by atoms with Crippen LogP contribution < -0.4 is 0 Å². The maximum absolute atomic E-state index is 10.5. The van der Waals surface area contributed by atoms with E-state index in [0.29, 0.717) is 6.42 Å². The second kappa shape index (κ2) is 5.52. The van der Waals surface area contributed by atoms with Crippen LogP contribution in [0.2, 0.25) is 0 Å². The molecule has 0 bridgehead atoms. The van der Waals surface area contributed by atoms with E-state index in [1.807, 2.05) is 30.3 Å².